The Morgan fingerprint density at radius 3 is 2.45 bits per heavy atom. The summed E-state index contributed by atoms with van der Waals surface area (Å²) in [5, 5.41) is 0. The van der Waals surface area contributed by atoms with Crippen molar-refractivity contribution in [2.45, 2.75) is 36.5 Å². The molecule has 0 aliphatic rings. The minimum absolute atomic E-state index is 0.311. The molecule has 1 heteroatoms. The third-order valence-corrected chi connectivity index (χ3v) is 1.65. The Labute approximate surface area is 83.9 Å². The van der Waals surface area contributed by atoms with Crippen LogP contribution in [0.4, 0.5) is 0 Å². The molecule has 0 aliphatic carbocycles. The van der Waals surface area contributed by atoms with Crippen LogP contribution in [0.25, 0.3) is 0 Å². The highest BCUT2D eigenvalue weighted by atomic mass is 127. The molecule has 0 bridgehead atoms. The molecule has 0 aliphatic heterocycles. The number of hydrogen-bond acceptors (Lipinski definition) is 0. The average molecular weight is 264 g/mol. The molecule has 0 rings (SSSR count). The highest BCUT2D eigenvalue weighted by Crippen LogP contribution is 2.18. The fourth-order valence-electron chi connectivity index (χ4n) is 0.744. The molecule has 64 valence electrons. The zero-order chi connectivity index (χ0) is 8.74. The normalized spacial score (nSPS) is 12.3. The van der Waals surface area contributed by atoms with Gasteiger partial charge in [0.1, 0.15) is 0 Å². The van der Waals surface area contributed by atoms with Gasteiger partial charge in [-0.1, -0.05) is 40.8 Å². The standard InChI is InChI=1S/C10H17I/c1-4-5-6-7-8-9-10(2,3)11/h4,8-9H,1,5-7H2,2-3H3. The van der Waals surface area contributed by atoms with Crippen molar-refractivity contribution in [1.29, 1.82) is 0 Å². The van der Waals surface area contributed by atoms with Gasteiger partial charge in [-0.3, -0.25) is 0 Å². The van der Waals surface area contributed by atoms with E-state index in [9.17, 15) is 0 Å². The first-order valence-electron chi connectivity index (χ1n) is 4.04. The molecule has 0 atom stereocenters. The van der Waals surface area contributed by atoms with Crippen molar-refractivity contribution in [3.63, 3.8) is 0 Å². The third kappa shape index (κ3) is 10.2. The number of halogens is 1. The third-order valence-electron chi connectivity index (χ3n) is 1.29. The Balaban J connectivity index is 3.37. The molecular weight excluding hydrogens is 247 g/mol. The van der Waals surface area contributed by atoms with E-state index in [4.69, 9.17) is 0 Å². The number of allylic oxidation sites excluding steroid dienone is 3. The van der Waals surface area contributed by atoms with E-state index in [0.717, 1.165) is 6.42 Å². The molecule has 0 aromatic carbocycles. The Bertz CT molecular complexity index is 128. The number of unbranched alkanes of at least 4 members (excludes halogenated alkanes) is 2. The van der Waals surface area contributed by atoms with Crippen LogP contribution in [0.15, 0.2) is 24.8 Å². The van der Waals surface area contributed by atoms with Crippen LogP contribution in [-0.2, 0) is 0 Å². The second-order valence-electron chi connectivity index (χ2n) is 3.19. The number of alkyl halides is 1. The molecule has 0 fully saturated rings. The van der Waals surface area contributed by atoms with E-state index in [2.05, 4.69) is 55.2 Å². The quantitative estimate of drug-likeness (QED) is 0.303. The predicted molar refractivity (Wildman–Crippen MR) is 61.3 cm³/mol. The van der Waals surface area contributed by atoms with Gasteiger partial charge in [0.05, 0.1) is 0 Å². The first-order valence-corrected chi connectivity index (χ1v) is 5.11. The topological polar surface area (TPSA) is 0 Å². The van der Waals surface area contributed by atoms with Crippen molar-refractivity contribution in [3.05, 3.63) is 24.8 Å². The first-order chi connectivity index (χ1) is 5.06. The molecule has 0 saturated heterocycles. The summed E-state index contributed by atoms with van der Waals surface area (Å²) in [6.45, 7) is 8.09. The summed E-state index contributed by atoms with van der Waals surface area (Å²) >= 11 is 2.43. The molecule has 0 aromatic heterocycles. The molecule has 0 spiro atoms. The summed E-state index contributed by atoms with van der Waals surface area (Å²) in [4.78, 5) is 0. The van der Waals surface area contributed by atoms with Gasteiger partial charge in [-0.2, -0.15) is 0 Å². The maximum atomic E-state index is 3.68. The van der Waals surface area contributed by atoms with Crippen LogP contribution in [0.2, 0.25) is 0 Å². The summed E-state index contributed by atoms with van der Waals surface area (Å²) in [6.07, 6.45) is 10.0. The van der Waals surface area contributed by atoms with Gasteiger partial charge in [-0.25, -0.2) is 0 Å². The van der Waals surface area contributed by atoms with Crippen molar-refractivity contribution in [1.82, 2.24) is 0 Å². The molecule has 0 N–H and O–H groups in total. The molecule has 0 heterocycles. The lowest BCUT2D eigenvalue weighted by Gasteiger charge is -2.08. The summed E-state index contributed by atoms with van der Waals surface area (Å²) in [6, 6.07) is 0. The number of hydrogen-bond donors (Lipinski definition) is 0. The summed E-state index contributed by atoms with van der Waals surface area (Å²) in [5.41, 5.74) is 0. The van der Waals surface area contributed by atoms with E-state index < -0.39 is 0 Å². The van der Waals surface area contributed by atoms with Gasteiger partial charge in [-0.15, -0.1) is 6.58 Å². The van der Waals surface area contributed by atoms with Crippen molar-refractivity contribution in [2.24, 2.45) is 0 Å². The molecule has 0 unspecified atom stereocenters. The van der Waals surface area contributed by atoms with E-state index in [1.54, 1.807) is 0 Å². The zero-order valence-corrected chi connectivity index (χ0v) is 9.60. The van der Waals surface area contributed by atoms with Gasteiger partial charge in [0.15, 0.2) is 0 Å². The molecule has 11 heavy (non-hydrogen) atoms. The van der Waals surface area contributed by atoms with Gasteiger partial charge in [0.25, 0.3) is 0 Å². The van der Waals surface area contributed by atoms with Crippen LogP contribution in [0, 0.1) is 0 Å². The second kappa shape index (κ2) is 5.81. The molecule has 0 amide bonds. The monoisotopic (exact) mass is 264 g/mol. The fraction of sp³-hybridized carbons (Fsp3) is 0.600. The Morgan fingerprint density at radius 2 is 2.00 bits per heavy atom. The highest BCUT2D eigenvalue weighted by Gasteiger charge is 2.04. The first kappa shape index (κ1) is 11.2. The lowest BCUT2D eigenvalue weighted by molar-refractivity contribution is 0.854. The average Bonchev–Trinajstić information content (AvgIpc) is 1.85. The van der Waals surface area contributed by atoms with Crippen molar-refractivity contribution in [3.8, 4) is 0 Å². The van der Waals surface area contributed by atoms with Gasteiger partial charge in [-0.05, 0) is 33.1 Å². The summed E-state index contributed by atoms with van der Waals surface area (Å²) < 4.78 is 0.311. The van der Waals surface area contributed by atoms with Crippen LogP contribution in [-0.4, -0.2) is 3.42 Å². The van der Waals surface area contributed by atoms with E-state index >= 15 is 0 Å². The SMILES string of the molecule is C=CCCCC=CC(C)(C)I. The predicted octanol–water partition coefficient (Wildman–Crippen LogP) is 4.11. The van der Waals surface area contributed by atoms with E-state index in [1.165, 1.54) is 12.8 Å². The largest absolute Gasteiger partial charge is 0.103 e. The molecular formula is C10H17I. The van der Waals surface area contributed by atoms with Gasteiger partial charge < -0.3 is 0 Å². The minimum Gasteiger partial charge on any atom is -0.103 e. The molecule has 0 radical (unpaired) electrons. The molecule has 0 aromatic rings. The fourth-order valence-corrected chi connectivity index (χ4v) is 0.998. The zero-order valence-electron chi connectivity index (χ0n) is 7.44. The van der Waals surface area contributed by atoms with E-state index in [1.807, 2.05) is 6.08 Å². The van der Waals surface area contributed by atoms with Crippen LogP contribution in [0.1, 0.15) is 33.1 Å². The summed E-state index contributed by atoms with van der Waals surface area (Å²) in [5.74, 6) is 0. The lowest BCUT2D eigenvalue weighted by Crippen LogP contribution is -2.02. The molecule has 0 saturated carbocycles. The molecule has 0 nitrogen and oxygen atoms in total. The second-order valence-corrected chi connectivity index (χ2v) is 5.97. The van der Waals surface area contributed by atoms with Crippen molar-refractivity contribution < 1.29 is 0 Å². The van der Waals surface area contributed by atoms with E-state index in [0.29, 0.717) is 3.42 Å². The van der Waals surface area contributed by atoms with Crippen LogP contribution < -0.4 is 0 Å². The van der Waals surface area contributed by atoms with Crippen LogP contribution in [0.3, 0.4) is 0 Å². The Hall–Kier alpha value is 0.210. The lowest BCUT2D eigenvalue weighted by atomic mass is 10.1. The maximum absolute atomic E-state index is 3.68. The summed E-state index contributed by atoms with van der Waals surface area (Å²) in [7, 11) is 0. The minimum atomic E-state index is 0.311. The van der Waals surface area contributed by atoms with Crippen LogP contribution in [0.5, 0.6) is 0 Å². The van der Waals surface area contributed by atoms with Crippen molar-refractivity contribution in [2.75, 3.05) is 0 Å². The highest BCUT2D eigenvalue weighted by molar-refractivity contribution is 14.1. The van der Waals surface area contributed by atoms with E-state index in [-0.39, 0.29) is 0 Å². The number of rotatable bonds is 5. The smallest absolute Gasteiger partial charge is 0.0344 e. The van der Waals surface area contributed by atoms with Crippen molar-refractivity contribution >= 4 is 22.6 Å². The van der Waals surface area contributed by atoms with Crippen LogP contribution >= 0.6 is 22.6 Å². The van der Waals surface area contributed by atoms with Gasteiger partial charge in [0, 0.05) is 3.42 Å². The Morgan fingerprint density at radius 1 is 1.36 bits per heavy atom. The van der Waals surface area contributed by atoms with Gasteiger partial charge >= 0.3 is 0 Å². The Kier molecular flexibility index (Phi) is 5.92. The van der Waals surface area contributed by atoms with Gasteiger partial charge in [0.2, 0.25) is 0 Å². The maximum Gasteiger partial charge on any atom is 0.0344 e.